The van der Waals surface area contributed by atoms with Crippen LogP contribution in [0.4, 0.5) is 5.82 Å². The first-order valence-corrected chi connectivity index (χ1v) is 11.9. The van der Waals surface area contributed by atoms with E-state index in [1.807, 2.05) is 28.9 Å². The first-order chi connectivity index (χ1) is 16.9. The van der Waals surface area contributed by atoms with E-state index in [1.165, 1.54) is 0 Å². The van der Waals surface area contributed by atoms with Gasteiger partial charge in [-0.1, -0.05) is 55.6 Å². The number of halogens is 2. The molecule has 0 aliphatic rings. The van der Waals surface area contributed by atoms with Gasteiger partial charge >= 0.3 is 0 Å². The maximum atomic E-state index is 6.15. The minimum atomic E-state index is 0.193. The molecule has 2 heterocycles. The number of allylic oxidation sites excluding steroid dienone is 2. The van der Waals surface area contributed by atoms with E-state index >= 15 is 0 Å². The summed E-state index contributed by atoms with van der Waals surface area (Å²) < 4.78 is 7.87. The Morgan fingerprint density at radius 2 is 1.97 bits per heavy atom. The van der Waals surface area contributed by atoms with Crippen molar-refractivity contribution < 1.29 is 4.74 Å². The zero-order chi connectivity index (χ0) is 24.9. The van der Waals surface area contributed by atoms with Crippen LogP contribution in [-0.2, 0) is 0 Å². The molecule has 0 saturated carbocycles. The lowest BCUT2D eigenvalue weighted by molar-refractivity contribution is 0.482. The van der Waals surface area contributed by atoms with Crippen LogP contribution in [0.5, 0.6) is 11.5 Å². The van der Waals surface area contributed by atoms with Crippen LogP contribution in [0.2, 0.25) is 10.0 Å². The molecule has 0 amide bonds. The van der Waals surface area contributed by atoms with E-state index in [-0.39, 0.29) is 5.92 Å². The smallest absolute Gasteiger partial charge is 0.210 e. The van der Waals surface area contributed by atoms with E-state index in [0.717, 1.165) is 29.7 Å². The number of aromatic amines is 1. The number of tetrazole rings is 1. The molecule has 0 aliphatic heterocycles. The molecule has 1 atom stereocenters. The van der Waals surface area contributed by atoms with Gasteiger partial charge in [-0.15, -0.1) is 10.2 Å². The summed E-state index contributed by atoms with van der Waals surface area (Å²) in [4.78, 5) is 4.26. The normalized spacial score (nSPS) is 12.8. The zero-order valence-electron chi connectivity index (χ0n) is 19.7. The van der Waals surface area contributed by atoms with Crippen LogP contribution >= 0.6 is 23.2 Å². The molecule has 180 valence electrons. The van der Waals surface area contributed by atoms with Gasteiger partial charge in [-0.25, -0.2) is 9.67 Å². The summed E-state index contributed by atoms with van der Waals surface area (Å²) in [6.07, 6.45) is 3.68. The van der Waals surface area contributed by atoms with E-state index in [1.54, 1.807) is 24.4 Å². The number of benzene rings is 2. The third-order valence-corrected chi connectivity index (χ3v) is 6.41. The molecule has 4 rings (SSSR count). The average molecular weight is 510 g/mol. The van der Waals surface area contributed by atoms with Gasteiger partial charge in [-0.3, -0.25) is 0 Å². The molecule has 0 aliphatic carbocycles. The molecular weight excluding hydrogens is 485 g/mol. The molecule has 2 aromatic heterocycles. The number of ether oxygens (including phenoxy) is 1. The molecular formula is C25H25Cl2N7O. The van der Waals surface area contributed by atoms with E-state index in [2.05, 4.69) is 58.2 Å². The van der Waals surface area contributed by atoms with Crippen molar-refractivity contribution in [3.05, 3.63) is 64.3 Å². The molecule has 0 bridgehead atoms. The Kier molecular flexibility index (Phi) is 7.63. The van der Waals surface area contributed by atoms with E-state index in [4.69, 9.17) is 27.9 Å². The Hall–Kier alpha value is -3.49. The largest absolute Gasteiger partial charge is 0.457 e. The van der Waals surface area contributed by atoms with Crippen molar-refractivity contribution in [1.29, 1.82) is 0 Å². The summed E-state index contributed by atoms with van der Waals surface area (Å²) in [5.41, 5.74) is 3.69. The minimum Gasteiger partial charge on any atom is -0.457 e. The van der Waals surface area contributed by atoms with Crippen LogP contribution < -0.4 is 4.74 Å². The van der Waals surface area contributed by atoms with E-state index in [9.17, 15) is 0 Å². The number of hydrogen-bond acceptors (Lipinski definition) is 6. The zero-order valence-corrected chi connectivity index (χ0v) is 21.2. The Balaban J connectivity index is 1.78. The predicted octanol–water partition coefficient (Wildman–Crippen LogP) is 7.32. The molecule has 0 radical (unpaired) electrons. The summed E-state index contributed by atoms with van der Waals surface area (Å²) in [6, 6.07) is 13.1. The fraction of sp³-hybridized carbons (Fsp3) is 0.240. The molecule has 8 nitrogen and oxygen atoms in total. The maximum absolute atomic E-state index is 6.15. The van der Waals surface area contributed by atoms with Crippen molar-refractivity contribution in [2.45, 2.75) is 33.6 Å². The Bertz CT molecular complexity index is 1360. The van der Waals surface area contributed by atoms with Crippen molar-refractivity contribution >= 4 is 47.0 Å². The lowest BCUT2D eigenvalue weighted by Gasteiger charge is -2.21. The van der Waals surface area contributed by atoms with Gasteiger partial charge in [-0.05, 0) is 66.6 Å². The summed E-state index contributed by atoms with van der Waals surface area (Å²) in [5, 5.41) is 19.8. The van der Waals surface area contributed by atoms with Gasteiger partial charge in [0.05, 0.1) is 27.5 Å². The number of aromatic nitrogens is 6. The van der Waals surface area contributed by atoms with Gasteiger partial charge in [-0.2, -0.15) is 10.3 Å². The molecule has 0 spiro atoms. The first kappa shape index (κ1) is 24.6. The van der Waals surface area contributed by atoms with Gasteiger partial charge in [0.1, 0.15) is 11.5 Å². The van der Waals surface area contributed by atoms with Crippen molar-refractivity contribution in [1.82, 2.24) is 30.4 Å². The summed E-state index contributed by atoms with van der Waals surface area (Å²) >= 11 is 12.2. The van der Waals surface area contributed by atoms with Gasteiger partial charge in [0, 0.05) is 6.07 Å². The number of rotatable bonds is 9. The maximum Gasteiger partial charge on any atom is 0.210 e. The molecule has 2 aromatic carbocycles. The summed E-state index contributed by atoms with van der Waals surface area (Å²) in [6.45, 7) is 10.2. The second-order valence-electron chi connectivity index (χ2n) is 8.09. The van der Waals surface area contributed by atoms with Crippen molar-refractivity contribution in [2.24, 2.45) is 10.9 Å². The van der Waals surface area contributed by atoms with Crippen molar-refractivity contribution in [2.75, 3.05) is 0 Å². The number of H-pyrrole nitrogens is 1. The van der Waals surface area contributed by atoms with Gasteiger partial charge < -0.3 is 4.74 Å². The van der Waals surface area contributed by atoms with Crippen LogP contribution in [0.15, 0.2) is 53.7 Å². The number of aliphatic imine (C=N–C) groups is 1. The van der Waals surface area contributed by atoms with Gasteiger partial charge in [0.25, 0.3) is 0 Å². The highest BCUT2D eigenvalue weighted by atomic mass is 35.5. The van der Waals surface area contributed by atoms with Crippen LogP contribution in [-0.4, -0.2) is 37.1 Å². The van der Waals surface area contributed by atoms with Crippen LogP contribution in [0.1, 0.15) is 39.2 Å². The van der Waals surface area contributed by atoms with Crippen LogP contribution in [0, 0.1) is 5.92 Å². The molecule has 35 heavy (non-hydrogen) atoms. The third kappa shape index (κ3) is 5.28. The molecule has 4 aromatic rings. The minimum absolute atomic E-state index is 0.193. The van der Waals surface area contributed by atoms with Crippen molar-refractivity contribution in [3.63, 3.8) is 0 Å². The van der Waals surface area contributed by atoms with Crippen LogP contribution in [0.25, 0.3) is 22.7 Å². The molecule has 1 N–H and O–H groups in total. The van der Waals surface area contributed by atoms with Gasteiger partial charge in [0.15, 0.2) is 5.82 Å². The second-order valence-corrected chi connectivity index (χ2v) is 8.91. The quantitative estimate of drug-likeness (QED) is 0.238. The lowest BCUT2D eigenvalue weighted by atomic mass is 9.94. The third-order valence-electron chi connectivity index (χ3n) is 5.67. The number of nitrogens with zero attached hydrogens (tertiary/aromatic N) is 6. The van der Waals surface area contributed by atoms with Crippen LogP contribution in [0.3, 0.4) is 0 Å². The Morgan fingerprint density at radius 1 is 1.17 bits per heavy atom. The standard InChI is InChI=1S/C25H25Cl2N7O/c1-5-7-15(2)23(34-25(28-4)20(14-29-34)24-30-32-33-31-24)16(3)17-8-6-9-18(12-17)35-19-10-11-21(26)22(27)13-19/h6,8-15H,4-5,7H2,1-3H3,(H,30,31,32,33)/b23-16+. The summed E-state index contributed by atoms with van der Waals surface area (Å²) in [5.74, 6) is 2.45. The molecule has 1 unspecified atom stereocenters. The molecule has 0 fully saturated rings. The predicted molar refractivity (Wildman–Crippen MR) is 140 cm³/mol. The topological polar surface area (TPSA) is 93.9 Å². The highest BCUT2D eigenvalue weighted by Crippen LogP contribution is 2.38. The van der Waals surface area contributed by atoms with E-state index < -0.39 is 0 Å². The molecule has 0 saturated heterocycles. The van der Waals surface area contributed by atoms with E-state index in [0.29, 0.717) is 38.8 Å². The highest BCUT2D eigenvalue weighted by Gasteiger charge is 2.23. The molecule has 10 heteroatoms. The monoisotopic (exact) mass is 509 g/mol. The second kappa shape index (κ2) is 10.8. The fourth-order valence-corrected chi connectivity index (χ4v) is 4.32. The summed E-state index contributed by atoms with van der Waals surface area (Å²) in [7, 11) is 0. The fourth-order valence-electron chi connectivity index (χ4n) is 4.03. The number of hydrogen-bond donors (Lipinski definition) is 1. The number of nitrogens with one attached hydrogen (secondary N) is 1. The first-order valence-electron chi connectivity index (χ1n) is 11.2. The van der Waals surface area contributed by atoms with Gasteiger partial charge in [0.2, 0.25) is 5.82 Å². The Morgan fingerprint density at radius 3 is 2.66 bits per heavy atom. The lowest BCUT2D eigenvalue weighted by Crippen LogP contribution is -2.10. The highest BCUT2D eigenvalue weighted by molar-refractivity contribution is 6.42. The SMILES string of the molecule is C=Nc1c(-c2nn[nH]n2)cnn1/C(=C(\C)c1cccc(Oc2ccc(Cl)c(Cl)c2)c1)C(C)CCC. The van der Waals surface area contributed by atoms with Crippen molar-refractivity contribution in [3.8, 4) is 22.9 Å². The average Bonchev–Trinajstić information content (AvgIpc) is 3.52. The Labute approximate surface area is 213 Å².